The minimum Gasteiger partial charge on any atom is -0.347 e. The van der Waals surface area contributed by atoms with Crippen molar-refractivity contribution >= 4 is 10.9 Å². The van der Waals surface area contributed by atoms with Gasteiger partial charge in [-0.3, -0.25) is 0 Å². The smallest absolute Gasteiger partial charge is 0.125 e. The van der Waals surface area contributed by atoms with E-state index in [1.807, 2.05) is 18.3 Å². The van der Waals surface area contributed by atoms with Crippen LogP contribution < -0.4 is 5.32 Å². The second-order valence-electron chi connectivity index (χ2n) is 4.20. The third-order valence-electron chi connectivity index (χ3n) is 3.06. The summed E-state index contributed by atoms with van der Waals surface area (Å²) in [5, 5.41) is 4.36. The summed E-state index contributed by atoms with van der Waals surface area (Å²) in [6.07, 6.45) is 2.04. The van der Waals surface area contributed by atoms with Gasteiger partial charge in [-0.1, -0.05) is 0 Å². The Kier molecular flexibility index (Phi) is 1.99. The van der Waals surface area contributed by atoms with Gasteiger partial charge in [-0.25, -0.2) is 4.39 Å². The predicted octanol–water partition coefficient (Wildman–Crippen LogP) is 2.00. The molecule has 2 heterocycles. The maximum atomic E-state index is 13.1. The van der Waals surface area contributed by atoms with E-state index in [-0.39, 0.29) is 5.82 Å². The molecular formula is C12H13FN2. The first kappa shape index (κ1) is 8.92. The van der Waals surface area contributed by atoms with Gasteiger partial charge in [0.1, 0.15) is 5.82 Å². The van der Waals surface area contributed by atoms with Crippen molar-refractivity contribution < 1.29 is 4.39 Å². The topological polar surface area (TPSA) is 17.0 Å². The highest BCUT2D eigenvalue weighted by molar-refractivity contribution is 5.80. The molecule has 1 aliphatic rings. The molecule has 0 saturated carbocycles. The second kappa shape index (κ2) is 3.35. The molecule has 0 aliphatic carbocycles. The van der Waals surface area contributed by atoms with Crippen molar-refractivity contribution in [3.8, 4) is 0 Å². The fourth-order valence-corrected chi connectivity index (χ4v) is 2.07. The van der Waals surface area contributed by atoms with Crippen LogP contribution in [0.1, 0.15) is 0 Å². The molecular weight excluding hydrogens is 191 g/mol. The minimum absolute atomic E-state index is 0.158. The van der Waals surface area contributed by atoms with Crippen molar-refractivity contribution in [1.82, 2.24) is 9.88 Å². The van der Waals surface area contributed by atoms with Gasteiger partial charge in [-0.2, -0.15) is 0 Å². The van der Waals surface area contributed by atoms with Gasteiger partial charge in [-0.05, 0) is 29.7 Å². The van der Waals surface area contributed by atoms with E-state index in [2.05, 4.69) is 9.88 Å². The van der Waals surface area contributed by atoms with Gasteiger partial charge in [0, 0.05) is 31.7 Å². The first-order chi connectivity index (χ1) is 7.33. The molecule has 3 rings (SSSR count). The lowest BCUT2D eigenvalue weighted by Crippen LogP contribution is -2.44. The molecule has 78 valence electrons. The summed E-state index contributed by atoms with van der Waals surface area (Å²) in [6, 6.07) is 7.00. The molecule has 0 radical (unpaired) electrons. The van der Waals surface area contributed by atoms with Crippen molar-refractivity contribution in [2.75, 3.05) is 13.1 Å². The van der Waals surface area contributed by atoms with Gasteiger partial charge in [0.05, 0.1) is 5.52 Å². The summed E-state index contributed by atoms with van der Waals surface area (Å²) < 4.78 is 15.2. The van der Waals surface area contributed by atoms with Crippen LogP contribution in [0, 0.1) is 11.7 Å². The van der Waals surface area contributed by atoms with Crippen molar-refractivity contribution in [3.63, 3.8) is 0 Å². The Labute approximate surface area is 87.7 Å². The first-order valence-electron chi connectivity index (χ1n) is 5.28. The van der Waals surface area contributed by atoms with Crippen LogP contribution >= 0.6 is 0 Å². The van der Waals surface area contributed by atoms with Gasteiger partial charge in [0.25, 0.3) is 0 Å². The lowest BCUT2D eigenvalue weighted by molar-refractivity contribution is 0.310. The van der Waals surface area contributed by atoms with Crippen LogP contribution in [0.25, 0.3) is 10.9 Å². The van der Waals surface area contributed by atoms with E-state index in [0.717, 1.165) is 30.5 Å². The van der Waals surface area contributed by atoms with Crippen LogP contribution in [0.15, 0.2) is 30.5 Å². The van der Waals surface area contributed by atoms with E-state index in [4.69, 9.17) is 0 Å². The number of aromatic nitrogens is 1. The number of hydrogen-bond donors (Lipinski definition) is 1. The molecule has 0 bridgehead atoms. The maximum absolute atomic E-state index is 13.1. The van der Waals surface area contributed by atoms with Crippen LogP contribution in [-0.2, 0) is 6.54 Å². The van der Waals surface area contributed by atoms with Crippen molar-refractivity contribution in [1.29, 1.82) is 0 Å². The van der Waals surface area contributed by atoms with Crippen molar-refractivity contribution in [2.45, 2.75) is 6.54 Å². The van der Waals surface area contributed by atoms with E-state index >= 15 is 0 Å². The summed E-state index contributed by atoms with van der Waals surface area (Å²) in [7, 11) is 0. The Morgan fingerprint density at radius 3 is 2.93 bits per heavy atom. The highest BCUT2D eigenvalue weighted by atomic mass is 19.1. The summed E-state index contributed by atoms with van der Waals surface area (Å²) in [4.78, 5) is 0. The number of nitrogens with zero attached hydrogens (tertiary/aromatic N) is 1. The first-order valence-corrected chi connectivity index (χ1v) is 5.28. The average molecular weight is 204 g/mol. The summed E-state index contributed by atoms with van der Waals surface area (Å²) >= 11 is 0. The zero-order valence-corrected chi connectivity index (χ0v) is 8.41. The van der Waals surface area contributed by atoms with Crippen LogP contribution in [-0.4, -0.2) is 17.7 Å². The SMILES string of the molecule is Fc1ccc2ccn(CC3CNC3)c2c1. The lowest BCUT2D eigenvalue weighted by Gasteiger charge is -2.27. The molecule has 1 fully saturated rings. The van der Waals surface area contributed by atoms with Crippen LogP contribution in [0.5, 0.6) is 0 Å². The molecule has 3 heteroatoms. The molecule has 1 aliphatic heterocycles. The lowest BCUT2D eigenvalue weighted by atomic mass is 10.0. The second-order valence-corrected chi connectivity index (χ2v) is 4.20. The van der Waals surface area contributed by atoms with Crippen molar-refractivity contribution in [2.24, 2.45) is 5.92 Å². The minimum atomic E-state index is -0.158. The van der Waals surface area contributed by atoms with Gasteiger partial charge >= 0.3 is 0 Å². The molecule has 1 saturated heterocycles. The van der Waals surface area contributed by atoms with E-state index in [0.29, 0.717) is 5.92 Å². The number of halogens is 1. The predicted molar refractivity (Wildman–Crippen MR) is 58.3 cm³/mol. The summed E-state index contributed by atoms with van der Waals surface area (Å²) in [5.74, 6) is 0.540. The Bertz CT molecular complexity index is 485. The third-order valence-corrected chi connectivity index (χ3v) is 3.06. The highest BCUT2D eigenvalue weighted by Crippen LogP contribution is 2.19. The molecule has 0 amide bonds. The molecule has 15 heavy (non-hydrogen) atoms. The molecule has 1 aromatic heterocycles. The molecule has 1 N–H and O–H groups in total. The maximum Gasteiger partial charge on any atom is 0.125 e. The highest BCUT2D eigenvalue weighted by Gasteiger charge is 2.17. The number of nitrogens with one attached hydrogen (secondary N) is 1. The van der Waals surface area contributed by atoms with Crippen LogP contribution in [0.4, 0.5) is 4.39 Å². The molecule has 0 spiro atoms. The standard InChI is InChI=1S/C12H13FN2/c13-11-2-1-10-3-4-15(12(10)5-11)8-9-6-14-7-9/h1-5,9,14H,6-8H2. The van der Waals surface area contributed by atoms with Gasteiger partial charge in [0.2, 0.25) is 0 Å². The van der Waals surface area contributed by atoms with Gasteiger partial charge < -0.3 is 9.88 Å². The van der Waals surface area contributed by atoms with Crippen molar-refractivity contribution in [3.05, 3.63) is 36.3 Å². The number of benzene rings is 1. The molecule has 2 nitrogen and oxygen atoms in total. The fourth-order valence-electron chi connectivity index (χ4n) is 2.07. The zero-order chi connectivity index (χ0) is 10.3. The Hall–Kier alpha value is -1.35. The quantitative estimate of drug-likeness (QED) is 0.791. The number of hydrogen-bond acceptors (Lipinski definition) is 1. The Morgan fingerprint density at radius 2 is 2.20 bits per heavy atom. The van der Waals surface area contributed by atoms with E-state index in [9.17, 15) is 4.39 Å². The monoisotopic (exact) mass is 204 g/mol. The molecule has 0 unspecified atom stereocenters. The average Bonchev–Trinajstić information content (AvgIpc) is 2.54. The van der Waals surface area contributed by atoms with Gasteiger partial charge in [-0.15, -0.1) is 0 Å². The molecule has 1 aromatic carbocycles. The number of rotatable bonds is 2. The fraction of sp³-hybridized carbons (Fsp3) is 0.333. The van der Waals surface area contributed by atoms with E-state index in [1.54, 1.807) is 6.07 Å². The summed E-state index contributed by atoms with van der Waals surface area (Å²) in [5.41, 5.74) is 1.00. The third kappa shape index (κ3) is 1.53. The van der Waals surface area contributed by atoms with Crippen LogP contribution in [0.2, 0.25) is 0 Å². The number of fused-ring (bicyclic) bond motifs is 1. The van der Waals surface area contributed by atoms with E-state index < -0.39 is 0 Å². The largest absolute Gasteiger partial charge is 0.347 e. The molecule has 2 aromatic rings. The Balaban J connectivity index is 1.98. The Morgan fingerprint density at radius 1 is 1.33 bits per heavy atom. The van der Waals surface area contributed by atoms with Gasteiger partial charge in [0.15, 0.2) is 0 Å². The van der Waals surface area contributed by atoms with Crippen LogP contribution in [0.3, 0.4) is 0 Å². The summed E-state index contributed by atoms with van der Waals surface area (Å²) in [6.45, 7) is 3.14. The van der Waals surface area contributed by atoms with E-state index in [1.165, 1.54) is 6.07 Å². The normalized spacial score (nSPS) is 16.9. The molecule has 0 atom stereocenters. The zero-order valence-electron chi connectivity index (χ0n) is 8.41.